The van der Waals surface area contributed by atoms with Crippen molar-refractivity contribution in [2.24, 2.45) is 0 Å². The molecule has 0 radical (unpaired) electrons. The number of aryl methyl sites for hydroxylation is 2. The fourth-order valence-corrected chi connectivity index (χ4v) is 2.44. The van der Waals surface area contributed by atoms with Crippen molar-refractivity contribution >= 4 is 11.7 Å². The lowest BCUT2D eigenvalue weighted by Gasteiger charge is -2.15. The number of aromatic nitrogens is 1. The first-order chi connectivity index (χ1) is 11.1. The zero-order valence-electron chi connectivity index (χ0n) is 14.2. The molecule has 0 atom stereocenters. The van der Waals surface area contributed by atoms with Crippen LogP contribution >= 0.6 is 0 Å². The zero-order chi connectivity index (χ0) is 16.7. The fraction of sp³-hybridized carbons (Fsp3) is 0.368. The number of carbonyl (C=O) groups excluding carboxylic acids is 1. The molecule has 0 spiro atoms. The van der Waals surface area contributed by atoms with Gasteiger partial charge in [-0.3, -0.25) is 4.79 Å². The summed E-state index contributed by atoms with van der Waals surface area (Å²) in [6, 6.07) is 12.2. The third kappa shape index (κ3) is 5.09. The van der Waals surface area contributed by atoms with E-state index in [4.69, 9.17) is 0 Å². The Labute approximate surface area is 138 Å². The molecular formula is C19H25N3O. The summed E-state index contributed by atoms with van der Waals surface area (Å²) < 4.78 is 0. The first-order valence-electron chi connectivity index (χ1n) is 8.04. The highest BCUT2D eigenvalue weighted by molar-refractivity contribution is 5.98. The van der Waals surface area contributed by atoms with Gasteiger partial charge in [0.1, 0.15) is 5.82 Å². The summed E-state index contributed by atoms with van der Waals surface area (Å²) in [6.45, 7) is 2.78. The van der Waals surface area contributed by atoms with Crippen LogP contribution in [0.1, 0.15) is 34.3 Å². The summed E-state index contributed by atoms with van der Waals surface area (Å²) in [4.78, 5) is 18.4. The van der Waals surface area contributed by atoms with Gasteiger partial charge in [0.25, 0.3) is 5.91 Å². The number of amides is 1. The molecular weight excluding hydrogens is 286 g/mol. The van der Waals surface area contributed by atoms with Crippen LogP contribution in [-0.2, 0) is 6.42 Å². The Morgan fingerprint density at radius 3 is 2.57 bits per heavy atom. The van der Waals surface area contributed by atoms with Crippen LogP contribution in [0.15, 0.2) is 42.6 Å². The lowest BCUT2D eigenvalue weighted by Crippen LogP contribution is -2.27. The highest BCUT2D eigenvalue weighted by Gasteiger charge is 2.12. The van der Waals surface area contributed by atoms with Crippen molar-refractivity contribution in [2.75, 3.05) is 25.5 Å². The highest BCUT2D eigenvalue weighted by atomic mass is 16.1. The summed E-state index contributed by atoms with van der Waals surface area (Å²) in [5.41, 5.74) is 3.26. The van der Waals surface area contributed by atoms with Gasteiger partial charge < -0.3 is 10.2 Å². The number of nitrogens with one attached hydrogen (secondary N) is 1. The van der Waals surface area contributed by atoms with Gasteiger partial charge in [0.05, 0.1) is 5.56 Å². The SMILES string of the molecule is Cc1ccc(CCCCNC(=O)c2cccnc2N(C)C)cc1. The molecule has 0 bridgehead atoms. The van der Waals surface area contributed by atoms with E-state index in [0.717, 1.165) is 19.3 Å². The van der Waals surface area contributed by atoms with Crippen molar-refractivity contribution in [3.63, 3.8) is 0 Å². The number of carbonyl (C=O) groups is 1. The van der Waals surface area contributed by atoms with Crippen molar-refractivity contribution in [3.05, 3.63) is 59.3 Å². The summed E-state index contributed by atoms with van der Waals surface area (Å²) >= 11 is 0. The molecule has 1 aromatic heterocycles. The Morgan fingerprint density at radius 1 is 1.13 bits per heavy atom. The molecule has 0 unspecified atom stereocenters. The van der Waals surface area contributed by atoms with E-state index in [2.05, 4.69) is 41.5 Å². The summed E-state index contributed by atoms with van der Waals surface area (Å²) in [7, 11) is 3.78. The molecule has 1 N–H and O–H groups in total. The maximum Gasteiger partial charge on any atom is 0.255 e. The molecule has 2 aromatic rings. The maximum atomic E-state index is 12.3. The Morgan fingerprint density at radius 2 is 1.87 bits per heavy atom. The number of hydrogen-bond donors (Lipinski definition) is 1. The number of nitrogens with zero attached hydrogens (tertiary/aromatic N) is 2. The molecule has 2 rings (SSSR count). The van der Waals surface area contributed by atoms with Gasteiger partial charge in [0.2, 0.25) is 0 Å². The summed E-state index contributed by atoms with van der Waals surface area (Å²) in [5, 5.41) is 2.98. The van der Waals surface area contributed by atoms with E-state index in [0.29, 0.717) is 17.9 Å². The highest BCUT2D eigenvalue weighted by Crippen LogP contribution is 2.14. The second-order valence-electron chi connectivity index (χ2n) is 5.97. The number of benzene rings is 1. The lowest BCUT2D eigenvalue weighted by molar-refractivity contribution is 0.0953. The normalized spacial score (nSPS) is 10.4. The van der Waals surface area contributed by atoms with Crippen molar-refractivity contribution in [1.82, 2.24) is 10.3 Å². The van der Waals surface area contributed by atoms with Crippen LogP contribution in [0.3, 0.4) is 0 Å². The average molecular weight is 311 g/mol. The maximum absolute atomic E-state index is 12.3. The van der Waals surface area contributed by atoms with Crippen LogP contribution < -0.4 is 10.2 Å². The number of rotatable bonds is 7. The molecule has 0 aliphatic carbocycles. The molecule has 1 amide bonds. The molecule has 4 heteroatoms. The minimum Gasteiger partial charge on any atom is -0.362 e. The number of pyridine rings is 1. The standard InChI is InChI=1S/C19H25N3O/c1-15-9-11-16(12-10-15)7-4-5-13-21-19(23)17-8-6-14-20-18(17)22(2)3/h6,8-12,14H,4-5,7,13H2,1-3H3,(H,21,23). The second-order valence-corrected chi connectivity index (χ2v) is 5.97. The monoisotopic (exact) mass is 311 g/mol. The molecule has 1 heterocycles. The van der Waals surface area contributed by atoms with Gasteiger partial charge in [-0.25, -0.2) is 4.98 Å². The van der Waals surface area contributed by atoms with Crippen molar-refractivity contribution in [3.8, 4) is 0 Å². The largest absolute Gasteiger partial charge is 0.362 e. The molecule has 0 saturated carbocycles. The first-order valence-corrected chi connectivity index (χ1v) is 8.04. The Balaban J connectivity index is 1.76. The Bertz CT molecular complexity index is 635. The molecule has 0 saturated heterocycles. The van der Waals surface area contributed by atoms with Gasteiger partial charge in [-0.2, -0.15) is 0 Å². The Kier molecular flexibility index (Phi) is 6.15. The minimum atomic E-state index is -0.0582. The third-order valence-corrected chi connectivity index (χ3v) is 3.75. The van der Waals surface area contributed by atoms with Crippen LogP contribution in [-0.4, -0.2) is 31.5 Å². The van der Waals surface area contributed by atoms with Crippen molar-refractivity contribution in [2.45, 2.75) is 26.2 Å². The molecule has 0 aliphatic rings. The van der Waals surface area contributed by atoms with Crippen molar-refractivity contribution in [1.29, 1.82) is 0 Å². The third-order valence-electron chi connectivity index (χ3n) is 3.75. The number of unbranched alkanes of at least 4 members (excludes halogenated alkanes) is 1. The second kappa shape index (κ2) is 8.32. The predicted molar refractivity (Wildman–Crippen MR) is 95.0 cm³/mol. The first kappa shape index (κ1) is 17.0. The number of anilines is 1. The molecule has 23 heavy (non-hydrogen) atoms. The van der Waals surface area contributed by atoms with Gasteiger partial charge in [0.15, 0.2) is 0 Å². The van der Waals surface area contributed by atoms with Gasteiger partial charge in [0, 0.05) is 26.8 Å². The molecule has 4 nitrogen and oxygen atoms in total. The molecule has 1 aromatic carbocycles. The van der Waals surface area contributed by atoms with E-state index >= 15 is 0 Å². The van der Waals surface area contributed by atoms with Gasteiger partial charge in [-0.05, 0) is 43.9 Å². The summed E-state index contributed by atoms with van der Waals surface area (Å²) in [5.74, 6) is 0.641. The quantitative estimate of drug-likeness (QED) is 0.799. The lowest BCUT2D eigenvalue weighted by atomic mass is 10.1. The van der Waals surface area contributed by atoms with E-state index < -0.39 is 0 Å². The van der Waals surface area contributed by atoms with E-state index in [9.17, 15) is 4.79 Å². The average Bonchev–Trinajstić information content (AvgIpc) is 2.56. The van der Waals surface area contributed by atoms with Crippen LogP contribution in [0.4, 0.5) is 5.82 Å². The van der Waals surface area contributed by atoms with Crippen LogP contribution in [0, 0.1) is 6.92 Å². The predicted octanol–water partition coefficient (Wildman–Crippen LogP) is 3.21. The van der Waals surface area contributed by atoms with Crippen LogP contribution in [0.5, 0.6) is 0 Å². The van der Waals surface area contributed by atoms with Crippen molar-refractivity contribution < 1.29 is 4.79 Å². The van der Waals surface area contributed by atoms with Gasteiger partial charge in [-0.1, -0.05) is 29.8 Å². The smallest absolute Gasteiger partial charge is 0.255 e. The fourth-order valence-electron chi connectivity index (χ4n) is 2.44. The van der Waals surface area contributed by atoms with E-state index in [1.165, 1.54) is 11.1 Å². The van der Waals surface area contributed by atoms with E-state index in [1.807, 2.05) is 25.1 Å². The van der Waals surface area contributed by atoms with Crippen LogP contribution in [0.2, 0.25) is 0 Å². The summed E-state index contributed by atoms with van der Waals surface area (Å²) in [6.07, 6.45) is 4.79. The molecule has 0 aliphatic heterocycles. The minimum absolute atomic E-state index is 0.0582. The topological polar surface area (TPSA) is 45.2 Å². The van der Waals surface area contributed by atoms with E-state index in [1.54, 1.807) is 12.3 Å². The number of hydrogen-bond acceptors (Lipinski definition) is 3. The van der Waals surface area contributed by atoms with Gasteiger partial charge >= 0.3 is 0 Å². The Hall–Kier alpha value is -2.36. The van der Waals surface area contributed by atoms with Crippen LogP contribution in [0.25, 0.3) is 0 Å². The molecule has 122 valence electrons. The molecule has 0 fully saturated rings. The zero-order valence-corrected chi connectivity index (χ0v) is 14.2. The van der Waals surface area contributed by atoms with E-state index in [-0.39, 0.29) is 5.91 Å². The van der Waals surface area contributed by atoms with Gasteiger partial charge in [-0.15, -0.1) is 0 Å².